The first-order chi connectivity index (χ1) is 5.63. The number of esters is 1. The summed E-state index contributed by atoms with van der Waals surface area (Å²) >= 11 is 0. The van der Waals surface area contributed by atoms with E-state index in [1.807, 2.05) is 13.8 Å². The van der Waals surface area contributed by atoms with Crippen LogP contribution in [0.4, 0.5) is 0 Å². The van der Waals surface area contributed by atoms with Crippen LogP contribution in [0, 0.1) is 5.92 Å². The zero-order valence-corrected chi connectivity index (χ0v) is 7.99. The number of hydrogen-bond donors (Lipinski definition) is 0. The minimum absolute atomic E-state index is 0.0904. The quantitative estimate of drug-likeness (QED) is 0.459. The van der Waals surface area contributed by atoms with Crippen molar-refractivity contribution >= 4 is 5.97 Å². The summed E-state index contributed by atoms with van der Waals surface area (Å²) in [4.78, 5) is 11.1. The lowest BCUT2D eigenvalue weighted by molar-refractivity contribution is -0.166. The molecule has 0 aromatic rings. The monoisotopic (exact) mass is 176 g/mol. The molecule has 12 heavy (non-hydrogen) atoms. The van der Waals surface area contributed by atoms with Gasteiger partial charge in [-0.05, 0) is 5.92 Å². The van der Waals surface area contributed by atoms with Crippen LogP contribution in [0.15, 0.2) is 0 Å². The maximum Gasteiger partial charge on any atom is 0.335 e. The van der Waals surface area contributed by atoms with E-state index >= 15 is 0 Å². The maximum absolute atomic E-state index is 11.1. The lowest BCUT2D eigenvalue weighted by Gasteiger charge is -2.17. The van der Waals surface area contributed by atoms with Crippen molar-refractivity contribution in [2.24, 2.45) is 5.92 Å². The molecule has 0 spiro atoms. The van der Waals surface area contributed by atoms with E-state index < -0.39 is 6.10 Å². The van der Waals surface area contributed by atoms with Gasteiger partial charge in [-0.1, -0.05) is 13.8 Å². The van der Waals surface area contributed by atoms with Crippen LogP contribution < -0.4 is 0 Å². The van der Waals surface area contributed by atoms with Crippen molar-refractivity contribution in [2.75, 3.05) is 21.0 Å². The SMILES string of the molecule is COCOC(C(=O)OC)C(C)C. The molecule has 72 valence electrons. The fourth-order valence-corrected chi connectivity index (χ4v) is 0.790. The van der Waals surface area contributed by atoms with Gasteiger partial charge in [0.05, 0.1) is 7.11 Å². The molecule has 0 saturated heterocycles. The first kappa shape index (κ1) is 11.4. The van der Waals surface area contributed by atoms with Crippen molar-refractivity contribution in [3.8, 4) is 0 Å². The van der Waals surface area contributed by atoms with Crippen molar-refractivity contribution in [3.63, 3.8) is 0 Å². The normalized spacial score (nSPS) is 13.1. The summed E-state index contributed by atoms with van der Waals surface area (Å²) in [5.41, 5.74) is 0. The van der Waals surface area contributed by atoms with Gasteiger partial charge in [0.15, 0.2) is 6.10 Å². The molecule has 0 aromatic heterocycles. The summed E-state index contributed by atoms with van der Waals surface area (Å²) in [6.45, 7) is 3.88. The van der Waals surface area contributed by atoms with Crippen LogP contribution >= 0.6 is 0 Å². The third kappa shape index (κ3) is 3.69. The minimum atomic E-state index is -0.532. The molecule has 4 heteroatoms. The Balaban J connectivity index is 3.95. The van der Waals surface area contributed by atoms with Gasteiger partial charge in [-0.25, -0.2) is 4.79 Å². The third-order valence-electron chi connectivity index (χ3n) is 1.40. The van der Waals surface area contributed by atoms with E-state index in [4.69, 9.17) is 4.74 Å². The summed E-state index contributed by atoms with van der Waals surface area (Å²) < 4.78 is 14.3. The molecule has 0 rings (SSSR count). The number of methoxy groups -OCH3 is 2. The van der Waals surface area contributed by atoms with E-state index in [1.54, 1.807) is 0 Å². The van der Waals surface area contributed by atoms with Crippen molar-refractivity contribution in [3.05, 3.63) is 0 Å². The second-order valence-corrected chi connectivity index (χ2v) is 2.76. The second-order valence-electron chi connectivity index (χ2n) is 2.76. The fraction of sp³-hybridized carbons (Fsp3) is 0.875. The van der Waals surface area contributed by atoms with Crippen molar-refractivity contribution in [1.29, 1.82) is 0 Å². The molecule has 1 unspecified atom stereocenters. The van der Waals surface area contributed by atoms with Crippen LogP contribution in [0.25, 0.3) is 0 Å². The molecule has 0 saturated carbocycles. The lowest BCUT2D eigenvalue weighted by atomic mass is 10.1. The molecule has 0 N–H and O–H groups in total. The molecule has 0 aliphatic carbocycles. The Morgan fingerprint density at radius 3 is 2.25 bits per heavy atom. The molecule has 0 bridgehead atoms. The highest BCUT2D eigenvalue weighted by Crippen LogP contribution is 2.07. The Morgan fingerprint density at radius 2 is 1.92 bits per heavy atom. The molecule has 1 atom stereocenters. The number of ether oxygens (including phenoxy) is 3. The fourth-order valence-electron chi connectivity index (χ4n) is 0.790. The number of hydrogen-bond acceptors (Lipinski definition) is 4. The van der Waals surface area contributed by atoms with Gasteiger partial charge in [0.2, 0.25) is 0 Å². The Bertz CT molecular complexity index is 133. The van der Waals surface area contributed by atoms with Crippen LogP contribution in [0.3, 0.4) is 0 Å². The van der Waals surface area contributed by atoms with Gasteiger partial charge in [-0.2, -0.15) is 0 Å². The minimum Gasteiger partial charge on any atom is -0.467 e. The van der Waals surface area contributed by atoms with Crippen LogP contribution in [0.1, 0.15) is 13.8 Å². The molecular formula is C8H16O4. The highest BCUT2D eigenvalue weighted by molar-refractivity contribution is 5.74. The third-order valence-corrected chi connectivity index (χ3v) is 1.40. The smallest absolute Gasteiger partial charge is 0.335 e. The highest BCUT2D eigenvalue weighted by Gasteiger charge is 2.23. The van der Waals surface area contributed by atoms with Crippen LogP contribution in [-0.2, 0) is 19.0 Å². The summed E-state index contributed by atoms with van der Waals surface area (Å²) in [5.74, 6) is -0.269. The van der Waals surface area contributed by atoms with E-state index in [-0.39, 0.29) is 18.7 Å². The van der Waals surface area contributed by atoms with Gasteiger partial charge >= 0.3 is 5.97 Å². The average Bonchev–Trinajstić information content (AvgIpc) is 2.04. The number of carbonyl (C=O) groups excluding carboxylic acids is 1. The van der Waals surface area contributed by atoms with Gasteiger partial charge in [-0.3, -0.25) is 0 Å². The summed E-state index contributed by atoms with van der Waals surface area (Å²) in [7, 11) is 2.85. The first-order valence-electron chi connectivity index (χ1n) is 3.81. The van der Waals surface area contributed by atoms with Crippen molar-refractivity contribution in [2.45, 2.75) is 20.0 Å². The second kappa shape index (κ2) is 5.97. The van der Waals surface area contributed by atoms with E-state index in [1.165, 1.54) is 14.2 Å². The highest BCUT2D eigenvalue weighted by atomic mass is 16.7. The standard InChI is InChI=1S/C8H16O4/c1-6(2)7(8(9)11-4)12-5-10-3/h6-7H,5H2,1-4H3. The summed E-state index contributed by atoms with van der Waals surface area (Å²) in [5, 5.41) is 0. The molecule has 0 heterocycles. The predicted octanol–water partition coefficient (Wildman–Crippen LogP) is 0.804. The predicted molar refractivity (Wildman–Crippen MR) is 43.6 cm³/mol. The molecule has 0 radical (unpaired) electrons. The van der Waals surface area contributed by atoms with Crippen molar-refractivity contribution < 1.29 is 19.0 Å². The molecule has 0 aromatic carbocycles. The summed E-state index contributed by atoms with van der Waals surface area (Å²) in [6, 6.07) is 0. The van der Waals surface area contributed by atoms with Crippen LogP contribution in [0.2, 0.25) is 0 Å². The van der Waals surface area contributed by atoms with E-state index in [9.17, 15) is 4.79 Å². The lowest BCUT2D eigenvalue weighted by Crippen LogP contribution is -2.31. The molecule has 0 fully saturated rings. The zero-order chi connectivity index (χ0) is 9.56. The maximum atomic E-state index is 11.1. The Morgan fingerprint density at radius 1 is 1.33 bits per heavy atom. The Labute approximate surface area is 72.8 Å². The average molecular weight is 176 g/mol. The first-order valence-corrected chi connectivity index (χ1v) is 3.81. The molecule has 0 aliphatic heterocycles. The number of carbonyl (C=O) groups is 1. The molecule has 0 aliphatic rings. The van der Waals surface area contributed by atoms with Gasteiger partial charge in [0.25, 0.3) is 0 Å². The molecule has 4 nitrogen and oxygen atoms in total. The zero-order valence-electron chi connectivity index (χ0n) is 7.99. The van der Waals surface area contributed by atoms with E-state index in [0.29, 0.717) is 0 Å². The largest absolute Gasteiger partial charge is 0.467 e. The van der Waals surface area contributed by atoms with Gasteiger partial charge in [0.1, 0.15) is 6.79 Å². The van der Waals surface area contributed by atoms with Gasteiger partial charge < -0.3 is 14.2 Å². The summed E-state index contributed by atoms with van der Waals surface area (Å²) in [6.07, 6.45) is -0.532. The molecule has 0 amide bonds. The Hall–Kier alpha value is -0.610. The van der Waals surface area contributed by atoms with Crippen LogP contribution in [0.5, 0.6) is 0 Å². The Kier molecular flexibility index (Phi) is 5.66. The van der Waals surface area contributed by atoms with Crippen molar-refractivity contribution in [1.82, 2.24) is 0 Å². The van der Waals surface area contributed by atoms with Gasteiger partial charge in [-0.15, -0.1) is 0 Å². The molecular weight excluding hydrogens is 160 g/mol. The van der Waals surface area contributed by atoms with Gasteiger partial charge in [0, 0.05) is 7.11 Å². The van der Waals surface area contributed by atoms with E-state index in [0.717, 1.165) is 0 Å². The number of rotatable bonds is 5. The van der Waals surface area contributed by atoms with Crippen LogP contribution in [-0.4, -0.2) is 33.1 Å². The topological polar surface area (TPSA) is 44.8 Å². The van der Waals surface area contributed by atoms with E-state index in [2.05, 4.69) is 9.47 Å².